The third kappa shape index (κ3) is 2.29. The first-order valence-electron chi connectivity index (χ1n) is 4.78. The van der Waals surface area contributed by atoms with Crippen molar-refractivity contribution in [3.63, 3.8) is 0 Å². The van der Waals surface area contributed by atoms with Crippen LogP contribution >= 0.6 is 11.8 Å². The first-order valence-corrected chi connectivity index (χ1v) is 5.83. The fraction of sp³-hybridized carbons (Fsp3) is 0.600. The smallest absolute Gasteiger partial charge is 0.114 e. The summed E-state index contributed by atoms with van der Waals surface area (Å²) in [7, 11) is 0. The molecule has 0 radical (unpaired) electrons. The fourth-order valence-electron chi connectivity index (χ4n) is 1.27. The Morgan fingerprint density at radius 2 is 2.23 bits per heavy atom. The Kier molecular flexibility index (Phi) is 2.96. The SMILES string of the molecule is CCc1ccc(CSC2CNC2)o1. The van der Waals surface area contributed by atoms with Crippen LogP contribution in [0.4, 0.5) is 0 Å². The number of aryl methyl sites for hydroxylation is 1. The molecule has 0 atom stereocenters. The van der Waals surface area contributed by atoms with Crippen LogP contribution in [0.1, 0.15) is 18.4 Å². The number of furan rings is 1. The maximum absolute atomic E-state index is 5.61. The van der Waals surface area contributed by atoms with Gasteiger partial charge in [-0.1, -0.05) is 6.92 Å². The highest BCUT2D eigenvalue weighted by molar-refractivity contribution is 7.99. The molecular formula is C10H15NOS. The van der Waals surface area contributed by atoms with Crippen molar-refractivity contribution in [1.82, 2.24) is 5.32 Å². The first-order chi connectivity index (χ1) is 6.38. The zero-order valence-corrected chi connectivity index (χ0v) is 8.69. The van der Waals surface area contributed by atoms with Gasteiger partial charge in [-0.2, -0.15) is 0 Å². The second kappa shape index (κ2) is 4.20. The van der Waals surface area contributed by atoms with Crippen molar-refractivity contribution >= 4 is 11.8 Å². The van der Waals surface area contributed by atoms with Crippen LogP contribution in [0.2, 0.25) is 0 Å². The van der Waals surface area contributed by atoms with E-state index in [-0.39, 0.29) is 0 Å². The van der Waals surface area contributed by atoms with E-state index in [1.165, 1.54) is 0 Å². The van der Waals surface area contributed by atoms with Gasteiger partial charge < -0.3 is 9.73 Å². The molecule has 13 heavy (non-hydrogen) atoms. The van der Waals surface area contributed by atoms with E-state index >= 15 is 0 Å². The van der Waals surface area contributed by atoms with Gasteiger partial charge in [0, 0.05) is 24.8 Å². The molecule has 0 bridgehead atoms. The van der Waals surface area contributed by atoms with Gasteiger partial charge in [0.1, 0.15) is 11.5 Å². The molecule has 2 heterocycles. The van der Waals surface area contributed by atoms with Gasteiger partial charge in [0.25, 0.3) is 0 Å². The van der Waals surface area contributed by atoms with Crippen molar-refractivity contribution in [2.75, 3.05) is 13.1 Å². The summed E-state index contributed by atoms with van der Waals surface area (Å²) >= 11 is 1.98. The van der Waals surface area contributed by atoms with Gasteiger partial charge in [-0.25, -0.2) is 0 Å². The molecule has 0 unspecified atom stereocenters. The second-order valence-corrected chi connectivity index (χ2v) is 4.60. The van der Waals surface area contributed by atoms with Crippen LogP contribution < -0.4 is 5.32 Å². The highest BCUT2D eigenvalue weighted by Gasteiger charge is 2.17. The molecule has 1 aliphatic heterocycles. The van der Waals surface area contributed by atoms with E-state index in [0.717, 1.165) is 42.0 Å². The molecule has 1 aliphatic rings. The fourth-order valence-corrected chi connectivity index (χ4v) is 2.30. The summed E-state index contributed by atoms with van der Waals surface area (Å²) in [6.07, 6.45) is 0.996. The Labute approximate surface area is 83.1 Å². The minimum atomic E-state index is 0.801. The molecule has 3 heteroatoms. The summed E-state index contributed by atoms with van der Waals surface area (Å²) in [6.45, 7) is 4.43. The number of hydrogen-bond acceptors (Lipinski definition) is 3. The van der Waals surface area contributed by atoms with Gasteiger partial charge in [-0.15, -0.1) is 11.8 Å². The van der Waals surface area contributed by atoms with Crippen molar-refractivity contribution in [3.05, 3.63) is 23.7 Å². The summed E-state index contributed by atoms with van der Waals surface area (Å²) in [5.74, 6) is 3.24. The Morgan fingerprint density at radius 1 is 1.46 bits per heavy atom. The van der Waals surface area contributed by atoms with E-state index < -0.39 is 0 Å². The predicted octanol–water partition coefficient (Wildman–Crippen LogP) is 2.05. The van der Waals surface area contributed by atoms with E-state index in [4.69, 9.17) is 4.42 Å². The molecule has 0 aliphatic carbocycles. The third-order valence-electron chi connectivity index (χ3n) is 2.27. The van der Waals surface area contributed by atoms with Crippen molar-refractivity contribution in [2.45, 2.75) is 24.3 Å². The first kappa shape index (κ1) is 9.16. The lowest BCUT2D eigenvalue weighted by Crippen LogP contribution is -2.44. The molecule has 1 N–H and O–H groups in total. The zero-order chi connectivity index (χ0) is 9.10. The Hall–Kier alpha value is -0.410. The maximum atomic E-state index is 5.61. The van der Waals surface area contributed by atoms with Crippen molar-refractivity contribution in [3.8, 4) is 0 Å². The number of thioether (sulfide) groups is 1. The lowest BCUT2D eigenvalue weighted by molar-refractivity contribution is 0.484. The molecule has 0 amide bonds. The quantitative estimate of drug-likeness (QED) is 0.799. The Balaban J connectivity index is 1.79. The summed E-state index contributed by atoms with van der Waals surface area (Å²) in [6, 6.07) is 4.17. The van der Waals surface area contributed by atoms with E-state index in [1.54, 1.807) is 0 Å². The standard InChI is InChI=1S/C10H15NOS/c1-2-8-3-4-9(12-8)7-13-10-5-11-6-10/h3-4,10-11H,2,5-7H2,1H3. The molecule has 2 nitrogen and oxygen atoms in total. The van der Waals surface area contributed by atoms with Gasteiger partial charge in [0.2, 0.25) is 0 Å². The third-order valence-corrected chi connectivity index (χ3v) is 3.53. The summed E-state index contributed by atoms with van der Waals surface area (Å²) in [5.41, 5.74) is 0. The molecule has 1 saturated heterocycles. The van der Waals surface area contributed by atoms with Crippen LogP contribution in [0.25, 0.3) is 0 Å². The van der Waals surface area contributed by atoms with Gasteiger partial charge in [-0.05, 0) is 12.1 Å². The lowest BCUT2D eigenvalue weighted by Gasteiger charge is -2.25. The highest BCUT2D eigenvalue weighted by Crippen LogP contribution is 2.21. The molecule has 1 aromatic heterocycles. The summed E-state index contributed by atoms with van der Waals surface area (Å²) < 4.78 is 5.61. The second-order valence-electron chi connectivity index (χ2n) is 3.31. The summed E-state index contributed by atoms with van der Waals surface area (Å²) in [4.78, 5) is 0. The van der Waals surface area contributed by atoms with Crippen LogP contribution in [0.5, 0.6) is 0 Å². The molecule has 1 aromatic rings. The average Bonchev–Trinajstić information content (AvgIpc) is 2.49. The largest absolute Gasteiger partial charge is 0.465 e. The Morgan fingerprint density at radius 3 is 2.77 bits per heavy atom. The van der Waals surface area contributed by atoms with Crippen LogP contribution in [-0.4, -0.2) is 18.3 Å². The molecule has 72 valence electrons. The lowest BCUT2D eigenvalue weighted by atomic mass is 10.3. The average molecular weight is 197 g/mol. The van der Waals surface area contributed by atoms with E-state index in [9.17, 15) is 0 Å². The normalized spacial score (nSPS) is 17.3. The molecule has 0 saturated carbocycles. The van der Waals surface area contributed by atoms with E-state index in [1.807, 2.05) is 11.8 Å². The van der Waals surface area contributed by atoms with Gasteiger partial charge in [0.05, 0.1) is 5.75 Å². The molecule has 2 rings (SSSR count). The number of hydrogen-bond donors (Lipinski definition) is 1. The van der Waals surface area contributed by atoms with Crippen LogP contribution in [-0.2, 0) is 12.2 Å². The van der Waals surface area contributed by atoms with Crippen molar-refractivity contribution < 1.29 is 4.42 Å². The highest BCUT2D eigenvalue weighted by atomic mass is 32.2. The van der Waals surface area contributed by atoms with Crippen LogP contribution in [0.3, 0.4) is 0 Å². The monoisotopic (exact) mass is 197 g/mol. The molecule has 1 fully saturated rings. The van der Waals surface area contributed by atoms with Crippen LogP contribution in [0.15, 0.2) is 16.5 Å². The zero-order valence-electron chi connectivity index (χ0n) is 7.88. The minimum Gasteiger partial charge on any atom is -0.465 e. The molecule has 0 spiro atoms. The molecular weight excluding hydrogens is 182 g/mol. The maximum Gasteiger partial charge on any atom is 0.114 e. The van der Waals surface area contributed by atoms with E-state index in [0.29, 0.717) is 0 Å². The molecule has 0 aromatic carbocycles. The predicted molar refractivity (Wildman–Crippen MR) is 56.0 cm³/mol. The van der Waals surface area contributed by atoms with Gasteiger partial charge in [0.15, 0.2) is 0 Å². The van der Waals surface area contributed by atoms with Gasteiger partial charge in [-0.3, -0.25) is 0 Å². The van der Waals surface area contributed by atoms with Crippen molar-refractivity contribution in [1.29, 1.82) is 0 Å². The Bertz CT molecular complexity index is 268. The minimum absolute atomic E-state index is 0.801. The van der Waals surface area contributed by atoms with E-state index in [2.05, 4.69) is 24.4 Å². The van der Waals surface area contributed by atoms with Gasteiger partial charge >= 0.3 is 0 Å². The van der Waals surface area contributed by atoms with Crippen molar-refractivity contribution in [2.24, 2.45) is 0 Å². The summed E-state index contributed by atoms with van der Waals surface area (Å²) in [5, 5.41) is 4.06. The van der Waals surface area contributed by atoms with Crippen LogP contribution in [0, 0.1) is 0 Å². The number of nitrogens with one attached hydrogen (secondary N) is 1. The number of rotatable bonds is 4. The topological polar surface area (TPSA) is 25.2 Å².